The molecule has 4 rings (SSSR count). The zero-order chi connectivity index (χ0) is 20.4. The minimum absolute atomic E-state index is 1.10. The van der Waals surface area contributed by atoms with Crippen LogP contribution < -0.4 is 17.6 Å². The van der Waals surface area contributed by atoms with Crippen LogP contribution >= 0.6 is 63.7 Å². The second kappa shape index (κ2) is 9.23. The molecule has 0 aromatic heterocycles. The second-order valence-corrected chi connectivity index (χ2v) is 18.4. The number of halogens is 4. The van der Waals surface area contributed by atoms with E-state index in [-0.39, 0.29) is 0 Å². The van der Waals surface area contributed by atoms with E-state index in [0.29, 0.717) is 0 Å². The van der Waals surface area contributed by atoms with E-state index in [0.717, 1.165) is 17.9 Å². The van der Waals surface area contributed by atoms with Gasteiger partial charge in [-0.15, -0.1) is 0 Å². The van der Waals surface area contributed by atoms with Crippen LogP contribution in [0.3, 0.4) is 0 Å². The molecule has 0 saturated carbocycles. The monoisotopic (exact) mass is 694 g/mol. The van der Waals surface area contributed by atoms with Gasteiger partial charge in [-0.25, -0.2) is 0 Å². The quantitative estimate of drug-likeness (QED) is 0.226. The van der Waals surface area contributed by atoms with Gasteiger partial charge in [-0.3, -0.25) is 0 Å². The van der Waals surface area contributed by atoms with Crippen molar-refractivity contribution < 1.29 is 0 Å². The Hall–Kier alpha value is -0.657. The molecule has 29 heavy (non-hydrogen) atoms. The average Bonchev–Trinajstić information content (AvgIpc) is 2.73. The number of benzene rings is 4. The van der Waals surface area contributed by atoms with Gasteiger partial charge in [0.05, 0.1) is 0 Å². The predicted octanol–water partition coefficient (Wildman–Crippen LogP) is 6.11. The van der Waals surface area contributed by atoms with Crippen molar-refractivity contribution in [3.63, 3.8) is 0 Å². The Morgan fingerprint density at radius 3 is 0.655 bits per heavy atom. The summed E-state index contributed by atoms with van der Waals surface area (Å²) in [5, 5.41) is 0. The summed E-state index contributed by atoms with van der Waals surface area (Å²) in [7, 11) is 0. The van der Waals surface area contributed by atoms with Crippen molar-refractivity contribution in [2.24, 2.45) is 0 Å². The number of hydrogen-bond donors (Lipinski definition) is 0. The van der Waals surface area contributed by atoms with E-state index in [2.05, 4.69) is 161 Å². The fourth-order valence-electron chi connectivity index (χ4n) is 3.80. The molecule has 0 aliphatic carbocycles. The molecule has 4 aromatic carbocycles. The molecule has 0 saturated heterocycles. The summed E-state index contributed by atoms with van der Waals surface area (Å²) in [6.07, 6.45) is 0. The summed E-state index contributed by atoms with van der Waals surface area (Å²) < 4.78 is 10.0. The molecule has 0 heterocycles. The predicted molar refractivity (Wildman–Crippen MR) is 141 cm³/mol. The van der Waals surface area contributed by atoms with Crippen molar-refractivity contribution in [1.82, 2.24) is 0 Å². The third kappa shape index (κ3) is 4.38. The molecule has 0 unspecified atom stereocenters. The Morgan fingerprint density at radius 2 is 0.483 bits per heavy atom. The van der Waals surface area contributed by atoms with Gasteiger partial charge in [-0.2, -0.15) is 0 Å². The first-order chi connectivity index (χ1) is 14.0. The summed E-state index contributed by atoms with van der Waals surface area (Å²) in [6.45, 7) is 0. The summed E-state index contributed by atoms with van der Waals surface area (Å²) in [4.78, 5) is 0. The Labute approximate surface area is 207 Å². The Kier molecular flexibility index (Phi) is 6.86. The van der Waals surface area contributed by atoms with Gasteiger partial charge in [0.25, 0.3) is 0 Å². The second-order valence-electron chi connectivity index (χ2n) is 6.78. The van der Waals surface area contributed by atoms with Crippen LogP contribution in [0.2, 0.25) is 0 Å². The molecule has 0 bridgehead atoms. The standard InChI is InChI=1S/C24H16Br4Ge/c25-17-1-9-21(10-2-17)29(22-11-3-18(26)4-12-22,23-13-5-19(27)6-14-23)24-15-7-20(28)8-16-24/h1-16H. The van der Waals surface area contributed by atoms with Crippen molar-refractivity contribution in [3.05, 3.63) is 115 Å². The maximum absolute atomic E-state index is 3.61. The van der Waals surface area contributed by atoms with Crippen LogP contribution in [0.25, 0.3) is 0 Å². The molecule has 0 aliphatic heterocycles. The summed E-state index contributed by atoms with van der Waals surface area (Å²) in [5.41, 5.74) is 0. The van der Waals surface area contributed by atoms with Gasteiger partial charge < -0.3 is 0 Å². The minimum atomic E-state index is -3.19. The zero-order valence-electron chi connectivity index (χ0n) is 15.2. The first-order valence-electron chi connectivity index (χ1n) is 9.04. The molecule has 4 aromatic rings. The third-order valence-electron chi connectivity index (χ3n) is 5.11. The van der Waals surface area contributed by atoms with E-state index in [1.165, 1.54) is 17.6 Å². The van der Waals surface area contributed by atoms with Crippen molar-refractivity contribution in [2.45, 2.75) is 0 Å². The molecule has 5 heteroatoms. The first-order valence-corrected chi connectivity index (χ1v) is 16.4. The maximum atomic E-state index is 3.61. The number of rotatable bonds is 4. The van der Waals surface area contributed by atoms with Gasteiger partial charge in [0.1, 0.15) is 0 Å². The zero-order valence-corrected chi connectivity index (χ0v) is 23.7. The first kappa shape index (κ1) is 21.6. The van der Waals surface area contributed by atoms with Crippen molar-refractivity contribution in [1.29, 1.82) is 0 Å². The van der Waals surface area contributed by atoms with Gasteiger partial charge in [-0.1, -0.05) is 0 Å². The van der Waals surface area contributed by atoms with E-state index >= 15 is 0 Å². The van der Waals surface area contributed by atoms with Gasteiger partial charge in [0.15, 0.2) is 0 Å². The fourth-order valence-corrected chi connectivity index (χ4v) is 14.6. The van der Waals surface area contributed by atoms with Gasteiger partial charge in [0, 0.05) is 0 Å². The molecular weight excluding hydrogens is 680 g/mol. The van der Waals surface area contributed by atoms with Crippen LogP contribution in [0.15, 0.2) is 115 Å². The van der Waals surface area contributed by atoms with Crippen LogP contribution in [0, 0.1) is 0 Å². The van der Waals surface area contributed by atoms with Crippen molar-refractivity contribution in [3.8, 4) is 0 Å². The average molecular weight is 697 g/mol. The molecule has 144 valence electrons. The van der Waals surface area contributed by atoms with Crippen LogP contribution in [0.1, 0.15) is 0 Å². The summed E-state index contributed by atoms with van der Waals surface area (Å²) in [5.74, 6) is 0. The third-order valence-corrected chi connectivity index (χ3v) is 17.3. The Morgan fingerprint density at radius 1 is 0.310 bits per heavy atom. The van der Waals surface area contributed by atoms with Gasteiger partial charge in [0.2, 0.25) is 0 Å². The summed E-state index contributed by atoms with van der Waals surface area (Å²) >= 11 is 11.3. The molecule has 0 aliphatic rings. The van der Waals surface area contributed by atoms with Gasteiger partial charge in [-0.05, 0) is 0 Å². The fraction of sp³-hybridized carbons (Fsp3) is 0. The van der Waals surface area contributed by atoms with Crippen molar-refractivity contribution in [2.75, 3.05) is 0 Å². The molecule has 0 amide bonds. The van der Waals surface area contributed by atoms with Crippen LogP contribution in [-0.2, 0) is 0 Å². The van der Waals surface area contributed by atoms with Crippen LogP contribution in [0.4, 0.5) is 0 Å². The van der Waals surface area contributed by atoms with Gasteiger partial charge >= 0.3 is 210 Å². The van der Waals surface area contributed by atoms with E-state index < -0.39 is 13.3 Å². The summed E-state index contributed by atoms with van der Waals surface area (Å²) in [6, 6.07) is 35.6. The molecule has 0 fully saturated rings. The van der Waals surface area contributed by atoms with Crippen molar-refractivity contribution >= 4 is 94.6 Å². The van der Waals surface area contributed by atoms with E-state index in [1.807, 2.05) is 0 Å². The normalized spacial score (nSPS) is 11.4. The van der Waals surface area contributed by atoms with Crippen LogP contribution in [-0.4, -0.2) is 13.3 Å². The van der Waals surface area contributed by atoms with Crippen LogP contribution in [0.5, 0.6) is 0 Å². The molecule has 0 atom stereocenters. The molecule has 0 N–H and O–H groups in total. The molecular formula is C24H16Br4Ge. The van der Waals surface area contributed by atoms with E-state index in [1.54, 1.807) is 0 Å². The molecule has 0 spiro atoms. The molecule has 0 radical (unpaired) electrons. The Balaban J connectivity index is 2.11. The van der Waals surface area contributed by atoms with E-state index in [9.17, 15) is 0 Å². The molecule has 0 nitrogen and oxygen atoms in total. The SMILES string of the molecule is Brc1cc[c]([Ge]([c]2ccc(Br)cc2)([c]2ccc(Br)cc2)[c]2ccc(Br)cc2)cc1. The Bertz CT molecular complexity index is 916. The topological polar surface area (TPSA) is 0 Å². The van der Waals surface area contributed by atoms with E-state index in [4.69, 9.17) is 0 Å². The number of hydrogen-bond acceptors (Lipinski definition) is 0.